The number of rotatable bonds is 5. The number of carbonyl (C=O) groups is 1. The van der Waals surface area contributed by atoms with Crippen LogP contribution < -0.4 is 5.32 Å². The smallest absolute Gasteiger partial charge is 0.312 e. The topological polar surface area (TPSA) is 41.6 Å². The van der Waals surface area contributed by atoms with E-state index in [1.165, 1.54) is 5.56 Å². The summed E-state index contributed by atoms with van der Waals surface area (Å²) < 4.78 is 5.74. The number of carbonyl (C=O) groups excluding carboxylic acids is 1. The van der Waals surface area contributed by atoms with Crippen molar-refractivity contribution in [1.29, 1.82) is 0 Å². The van der Waals surface area contributed by atoms with Gasteiger partial charge in [-0.25, -0.2) is 0 Å². The van der Waals surface area contributed by atoms with E-state index in [9.17, 15) is 4.79 Å². The molecule has 1 heterocycles. The molecule has 0 saturated carbocycles. The van der Waals surface area contributed by atoms with E-state index in [1.807, 2.05) is 57.2 Å². The standard InChI is InChI=1S/C23H30N2O2/c1-23(2,3)27-22(26)20-17-25(16-18-10-6-4-7-11-18)15-14-21(20)24-19-12-8-5-9-13-19/h4-13,20-21,24H,14-17H2,1-3H3. The van der Waals surface area contributed by atoms with Crippen molar-refractivity contribution in [3.05, 3.63) is 66.2 Å². The molecule has 0 spiro atoms. The zero-order chi connectivity index (χ0) is 19.3. The molecule has 0 aliphatic carbocycles. The molecule has 144 valence electrons. The predicted octanol–water partition coefficient (Wildman–Crippen LogP) is 4.33. The largest absolute Gasteiger partial charge is 0.460 e. The number of hydrogen-bond acceptors (Lipinski definition) is 4. The Morgan fingerprint density at radius 1 is 1.07 bits per heavy atom. The molecular weight excluding hydrogens is 336 g/mol. The molecule has 4 nitrogen and oxygen atoms in total. The molecule has 2 atom stereocenters. The van der Waals surface area contributed by atoms with Crippen molar-refractivity contribution in [3.63, 3.8) is 0 Å². The van der Waals surface area contributed by atoms with Crippen molar-refractivity contribution in [1.82, 2.24) is 4.90 Å². The minimum absolute atomic E-state index is 0.0780. The molecule has 27 heavy (non-hydrogen) atoms. The van der Waals surface area contributed by atoms with E-state index in [4.69, 9.17) is 4.74 Å². The van der Waals surface area contributed by atoms with Gasteiger partial charge in [0.05, 0.1) is 5.92 Å². The first kappa shape index (κ1) is 19.4. The Morgan fingerprint density at radius 2 is 1.70 bits per heavy atom. The Bertz CT molecular complexity index is 725. The van der Waals surface area contributed by atoms with E-state index >= 15 is 0 Å². The number of anilines is 1. The second-order valence-electron chi connectivity index (χ2n) is 8.27. The lowest BCUT2D eigenvalue weighted by Crippen LogP contribution is -2.50. The van der Waals surface area contributed by atoms with E-state index in [0.717, 1.165) is 25.2 Å². The summed E-state index contributed by atoms with van der Waals surface area (Å²) in [7, 11) is 0. The van der Waals surface area contributed by atoms with Gasteiger partial charge in [0, 0.05) is 31.4 Å². The van der Waals surface area contributed by atoms with Crippen LogP contribution in [0.5, 0.6) is 0 Å². The highest BCUT2D eigenvalue weighted by Crippen LogP contribution is 2.25. The minimum Gasteiger partial charge on any atom is -0.460 e. The van der Waals surface area contributed by atoms with Gasteiger partial charge in [-0.2, -0.15) is 0 Å². The number of esters is 1. The normalized spacial score (nSPS) is 20.9. The minimum atomic E-state index is -0.476. The molecule has 0 aromatic heterocycles. The number of ether oxygens (including phenoxy) is 1. The monoisotopic (exact) mass is 366 g/mol. The van der Waals surface area contributed by atoms with Gasteiger partial charge in [-0.1, -0.05) is 48.5 Å². The molecule has 4 heteroatoms. The fourth-order valence-electron chi connectivity index (χ4n) is 3.54. The zero-order valence-corrected chi connectivity index (χ0v) is 16.5. The fraction of sp³-hybridized carbons (Fsp3) is 0.435. The number of hydrogen-bond donors (Lipinski definition) is 1. The Kier molecular flexibility index (Phi) is 6.17. The van der Waals surface area contributed by atoms with Crippen LogP contribution >= 0.6 is 0 Å². The number of piperidine rings is 1. The van der Waals surface area contributed by atoms with Crippen LogP contribution in [0.4, 0.5) is 5.69 Å². The van der Waals surface area contributed by atoms with Crippen molar-refractivity contribution in [2.45, 2.75) is 45.4 Å². The maximum absolute atomic E-state index is 12.9. The van der Waals surface area contributed by atoms with Crippen molar-refractivity contribution in [3.8, 4) is 0 Å². The van der Waals surface area contributed by atoms with Crippen molar-refractivity contribution in [2.24, 2.45) is 5.92 Å². The SMILES string of the molecule is CC(C)(C)OC(=O)C1CN(Cc2ccccc2)CCC1Nc1ccccc1. The van der Waals surface area contributed by atoms with Crippen molar-refractivity contribution in [2.75, 3.05) is 18.4 Å². The van der Waals surface area contributed by atoms with Gasteiger partial charge >= 0.3 is 5.97 Å². The maximum atomic E-state index is 12.9. The van der Waals surface area contributed by atoms with E-state index in [-0.39, 0.29) is 17.9 Å². The first-order chi connectivity index (χ1) is 12.9. The molecule has 0 radical (unpaired) electrons. The maximum Gasteiger partial charge on any atom is 0.312 e. The number of benzene rings is 2. The van der Waals surface area contributed by atoms with Gasteiger partial charge in [-0.3, -0.25) is 9.69 Å². The van der Waals surface area contributed by atoms with Crippen LogP contribution in [0.15, 0.2) is 60.7 Å². The van der Waals surface area contributed by atoms with Crippen LogP contribution in [0.3, 0.4) is 0 Å². The average Bonchev–Trinajstić information content (AvgIpc) is 2.63. The van der Waals surface area contributed by atoms with Crippen molar-refractivity contribution < 1.29 is 9.53 Å². The molecule has 3 rings (SSSR count). The van der Waals surface area contributed by atoms with E-state index < -0.39 is 5.60 Å². The van der Waals surface area contributed by atoms with Gasteiger partial charge < -0.3 is 10.1 Å². The van der Waals surface area contributed by atoms with Crippen molar-refractivity contribution >= 4 is 11.7 Å². The highest BCUT2D eigenvalue weighted by Gasteiger charge is 2.37. The fourth-order valence-corrected chi connectivity index (χ4v) is 3.54. The van der Waals surface area contributed by atoms with Crippen LogP contribution in [-0.2, 0) is 16.1 Å². The predicted molar refractivity (Wildman–Crippen MR) is 110 cm³/mol. The van der Waals surface area contributed by atoms with E-state index in [2.05, 4.69) is 34.5 Å². The molecule has 1 saturated heterocycles. The van der Waals surface area contributed by atoms with E-state index in [0.29, 0.717) is 6.54 Å². The Morgan fingerprint density at radius 3 is 2.33 bits per heavy atom. The number of likely N-dealkylation sites (tertiary alicyclic amines) is 1. The highest BCUT2D eigenvalue weighted by molar-refractivity contribution is 5.75. The summed E-state index contributed by atoms with van der Waals surface area (Å²) in [5.74, 6) is -0.310. The average molecular weight is 367 g/mol. The van der Waals surface area contributed by atoms with Gasteiger partial charge in [-0.05, 0) is 44.9 Å². The highest BCUT2D eigenvalue weighted by atomic mass is 16.6. The lowest BCUT2D eigenvalue weighted by molar-refractivity contribution is -0.162. The lowest BCUT2D eigenvalue weighted by atomic mass is 9.91. The van der Waals surface area contributed by atoms with Crippen LogP contribution in [-0.4, -0.2) is 35.6 Å². The summed E-state index contributed by atoms with van der Waals surface area (Å²) in [6.45, 7) is 8.30. The van der Waals surface area contributed by atoms with E-state index in [1.54, 1.807) is 0 Å². The van der Waals surface area contributed by atoms with Gasteiger partial charge in [0.1, 0.15) is 5.60 Å². The number of para-hydroxylation sites is 1. The molecular formula is C23H30N2O2. The molecule has 2 aromatic carbocycles. The molecule has 2 aromatic rings. The molecule has 1 aliphatic rings. The summed E-state index contributed by atoms with van der Waals surface area (Å²) in [6.07, 6.45) is 0.908. The number of nitrogens with zero attached hydrogens (tertiary/aromatic N) is 1. The molecule has 1 N–H and O–H groups in total. The molecule has 1 aliphatic heterocycles. The first-order valence-corrected chi connectivity index (χ1v) is 9.71. The Labute approximate surface area is 162 Å². The summed E-state index contributed by atoms with van der Waals surface area (Å²) in [4.78, 5) is 15.3. The van der Waals surface area contributed by atoms with Gasteiger partial charge in [0.15, 0.2) is 0 Å². The second-order valence-corrected chi connectivity index (χ2v) is 8.27. The molecule has 1 fully saturated rings. The summed E-state index contributed by atoms with van der Waals surface area (Å²) >= 11 is 0. The second kappa shape index (κ2) is 8.57. The Balaban J connectivity index is 1.72. The summed E-state index contributed by atoms with van der Waals surface area (Å²) in [5, 5.41) is 3.55. The van der Waals surface area contributed by atoms with Crippen LogP contribution in [0.2, 0.25) is 0 Å². The summed E-state index contributed by atoms with van der Waals surface area (Å²) in [6, 6.07) is 20.6. The molecule has 2 unspecified atom stereocenters. The van der Waals surface area contributed by atoms with Crippen LogP contribution in [0.1, 0.15) is 32.8 Å². The Hall–Kier alpha value is -2.33. The zero-order valence-electron chi connectivity index (χ0n) is 16.5. The van der Waals surface area contributed by atoms with Gasteiger partial charge in [-0.15, -0.1) is 0 Å². The third-order valence-corrected chi connectivity index (χ3v) is 4.78. The third kappa shape index (κ3) is 5.83. The molecule has 0 bridgehead atoms. The van der Waals surface area contributed by atoms with Gasteiger partial charge in [0.25, 0.3) is 0 Å². The lowest BCUT2D eigenvalue weighted by Gasteiger charge is -2.39. The first-order valence-electron chi connectivity index (χ1n) is 9.71. The third-order valence-electron chi connectivity index (χ3n) is 4.78. The van der Waals surface area contributed by atoms with Crippen LogP contribution in [0, 0.1) is 5.92 Å². The molecule has 0 amide bonds. The van der Waals surface area contributed by atoms with Gasteiger partial charge in [0.2, 0.25) is 0 Å². The number of nitrogens with one attached hydrogen (secondary N) is 1. The quantitative estimate of drug-likeness (QED) is 0.800. The van der Waals surface area contributed by atoms with Crippen LogP contribution in [0.25, 0.3) is 0 Å². The summed E-state index contributed by atoms with van der Waals surface area (Å²) in [5.41, 5.74) is 1.85.